The van der Waals surface area contributed by atoms with Crippen LogP contribution >= 0.6 is 0 Å². The Morgan fingerprint density at radius 3 is 2.59 bits per heavy atom. The van der Waals surface area contributed by atoms with E-state index in [0.29, 0.717) is 24.7 Å². The summed E-state index contributed by atoms with van der Waals surface area (Å²) in [5.74, 6) is 0.390. The average Bonchev–Trinajstić information content (AvgIpc) is 2.65. The fourth-order valence-electron chi connectivity index (χ4n) is 1.77. The number of aryl methyl sites for hydroxylation is 1. The molecule has 0 aliphatic heterocycles. The Morgan fingerprint density at radius 2 is 2.12 bits per heavy atom. The van der Waals surface area contributed by atoms with Crippen molar-refractivity contribution in [2.24, 2.45) is 0 Å². The minimum Gasteiger partial charge on any atom is -0.461 e. The normalized spacial score (nSPS) is 12.5. The van der Waals surface area contributed by atoms with Gasteiger partial charge in [-0.15, -0.1) is 0 Å². The lowest BCUT2D eigenvalue weighted by Gasteiger charge is -2.09. The summed E-state index contributed by atoms with van der Waals surface area (Å²) >= 11 is 0. The van der Waals surface area contributed by atoms with Gasteiger partial charge in [-0.25, -0.2) is 9.48 Å². The molecule has 1 aromatic heterocycles. The molecule has 1 atom stereocenters. The average molecular weight is 239 g/mol. The van der Waals surface area contributed by atoms with Crippen LogP contribution in [0.3, 0.4) is 0 Å². The summed E-state index contributed by atoms with van der Waals surface area (Å²) < 4.78 is 6.65. The Hall–Kier alpha value is -1.52. The van der Waals surface area contributed by atoms with Crippen molar-refractivity contribution in [1.29, 1.82) is 0 Å². The Balaban J connectivity index is 3.23. The van der Waals surface area contributed by atoms with E-state index in [0.717, 1.165) is 12.0 Å². The second kappa shape index (κ2) is 5.70. The van der Waals surface area contributed by atoms with Crippen LogP contribution in [0.15, 0.2) is 0 Å². The molecule has 0 spiro atoms. The van der Waals surface area contributed by atoms with E-state index in [2.05, 4.69) is 12.0 Å². The second-order valence-corrected chi connectivity index (χ2v) is 3.99. The zero-order valence-electron chi connectivity index (χ0n) is 11.0. The molecule has 17 heavy (non-hydrogen) atoms. The van der Waals surface area contributed by atoms with Gasteiger partial charge in [0, 0.05) is 12.1 Å². The third kappa shape index (κ3) is 2.60. The van der Waals surface area contributed by atoms with Gasteiger partial charge in [-0.1, -0.05) is 13.8 Å². The molecule has 2 N–H and O–H groups in total. The van der Waals surface area contributed by atoms with E-state index in [-0.39, 0.29) is 11.9 Å². The number of anilines is 1. The van der Waals surface area contributed by atoms with Crippen LogP contribution in [-0.2, 0) is 11.3 Å². The molecule has 96 valence electrons. The van der Waals surface area contributed by atoms with Crippen LogP contribution in [0, 0.1) is 0 Å². The molecule has 1 heterocycles. The van der Waals surface area contributed by atoms with Gasteiger partial charge in [0.05, 0.1) is 6.61 Å². The Labute approximate surface area is 102 Å². The molecule has 1 unspecified atom stereocenters. The maximum absolute atomic E-state index is 11.8. The van der Waals surface area contributed by atoms with Gasteiger partial charge < -0.3 is 10.5 Å². The molecular formula is C12H21N3O2. The summed E-state index contributed by atoms with van der Waals surface area (Å²) in [7, 11) is 0. The molecule has 0 saturated carbocycles. The van der Waals surface area contributed by atoms with Crippen molar-refractivity contribution >= 4 is 11.8 Å². The van der Waals surface area contributed by atoms with Gasteiger partial charge in [0.2, 0.25) is 0 Å². The molecule has 0 aromatic carbocycles. The SMILES string of the molecule is CCOC(=O)c1nn(CC)c(N)c1C(C)CC. The van der Waals surface area contributed by atoms with Crippen molar-refractivity contribution in [3.63, 3.8) is 0 Å². The topological polar surface area (TPSA) is 70.1 Å². The number of nitrogen functional groups attached to an aromatic ring is 1. The van der Waals surface area contributed by atoms with Crippen molar-refractivity contribution in [2.75, 3.05) is 12.3 Å². The lowest BCUT2D eigenvalue weighted by atomic mass is 9.98. The molecule has 0 bridgehead atoms. The molecule has 0 radical (unpaired) electrons. The fraction of sp³-hybridized carbons (Fsp3) is 0.667. The van der Waals surface area contributed by atoms with Crippen molar-refractivity contribution in [3.8, 4) is 0 Å². The van der Waals surface area contributed by atoms with E-state index in [9.17, 15) is 4.79 Å². The minimum absolute atomic E-state index is 0.203. The van der Waals surface area contributed by atoms with Crippen LogP contribution in [0.1, 0.15) is 56.1 Å². The molecule has 5 heteroatoms. The lowest BCUT2D eigenvalue weighted by molar-refractivity contribution is 0.0516. The molecule has 0 saturated heterocycles. The second-order valence-electron chi connectivity index (χ2n) is 3.99. The number of nitrogens with two attached hydrogens (primary N) is 1. The Bertz CT molecular complexity index is 399. The standard InChI is InChI=1S/C12H21N3O2/c1-5-8(4)9-10(12(16)17-7-3)14-15(6-2)11(9)13/h8H,5-7,13H2,1-4H3. The van der Waals surface area contributed by atoms with Crippen LogP contribution in [0.4, 0.5) is 5.82 Å². The molecule has 5 nitrogen and oxygen atoms in total. The number of hydrogen-bond acceptors (Lipinski definition) is 4. The number of hydrogen-bond donors (Lipinski definition) is 1. The number of carbonyl (C=O) groups excluding carboxylic acids is 1. The Morgan fingerprint density at radius 1 is 1.47 bits per heavy atom. The molecule has 0 aliphatic carbocycles. The van der Waals surface area contributed by atoms with Gasteiger partial charge in [-0.2, -0.15) is 5.10 Å². The van der Waals surface area contributed by atoms with E-state index in [1.165, 1.54) is 0 Å². The van der Waals surface area contributed by atoms with Crippen LogP contribution < -0.4 is 5.73 Å². The first-order valence-corrected chi connectivity index (χ1v) is 6.09. The maximum atomic E-state index is 11.8. The van der Waals surface area contributed by atoms with Crippen molar-refractivity contribution < 1.29 is 9.53 Å². The Kier molecular flexibility index (Phi) is 4.54. The zero-order chi connectivity index (χ0) is 13.0. The number of esters is 1. The van der Waals surface area contributed by atoms with E-state index >= 15 is 0 Å². The van der Waals surface area contributed by atoms with Crippen molar-refractivity contribution in [2.45, 2.75) is 46.6 Å². The van der Waals surface area contributed by atoms with Gasteiger partial charge in [-0.3, -0.25) is 0 Å². The van der Waals surface area contributed by atoms with E-state index in [1.54, 1.807) is 11.6 Å². The van der Waals surface area contributed by atoms with E-state index in [1.807, 2.05) is 13.8 Å². The van der Waals surface area contributed by atoms with Gasteiger partial charge in [-0.05, 0) is 26.2 Å². The molecule has 0 fully saturated rings. The highest BCUT2D eigenvalue weighted by Crippen LogP contribution is 2.28. The van der Waals surface area contributed by atoms with Crippen molar-refractivity contribution in [1.82, 2.24) is 9.78 Å². The molecular weight excluding hydrogens is 218 g/mol. The van der Waals surface area contributed by atoms with Crippen LogP contribution in [-0.4, -0.2) is 22.4 Å². The first-order valence-electron chi connectivity index (χ1n) is 6.09. The van der Waals surface area contributed by atoms with E-state index in [4.69, 9.17) is 10.5 Å². The number of ether oxygens (including phenoxy) is 1. The molecule has 1 rings (SSSR count). The van der Waals surface area contributed by atoms with Gasteiger partial charge >= 0.3 is 5.97 Å². The highest BCUT2D eigenvalue weighted by Gasteiger charge is 2.25. The number of aromatic nitrogens is 2. The van der Waals surface area contributed by atoms with Gasteiger partial charge in [0.25, 0.3) is 0 Å². The summed E-state index contributed by atoms with van der Waals surface area (Å²) in [6.07, 6.45) is 0.909. The lowest BCUT2D eigenvalue weighted by Crippen LogP contribution is -2.10. The maximum Gasteiger partial charge on any atom is 0.359 e. The summed E-state index contributed by atoms with van der Waals surface area (Å²) in [6, 6.07) is 0. The predicted molar refractivity (Wildman–Crippen MR) is 67.0 cm³/mol. The van der Waals surface area contributed by atoms with Crippen LogP contribution in [0.25, 0.3) is 0 Å². The predicted octanol–water partition coefficient (Wildman–Crippen LogP) is 2.18. The monoisotopic (exact) mass is 239 g/mol. The summed E-state index contributed by atoms with van der Waals surface area (Å²) in [5, 5.41) is 4.23. The van der Waals surface area contributed by atoms with E-state index < -0.39 is 0 Å². The first-order chi connectivity index (χ1) is 8.06. The summed E-state index contributed by atoms with van der Waals surface area (Å²) in [4.78, 5) is 11.8. The van der Waals surface area contributed by atoms with Gasteiger partial charge in [0.1, 0.15) is 5.82 Å². The highest BCUT2D eigenvalue weighted by atomic mass is 16.5. The third-order valence-electron chi connectivity index (χ3n) is 2.90. The number of carbonyl (C=O) groups is 1. The first kappa shape index (κ1) is 13.5. The summed E-state index contributed by atoms with van der Waals surface area (Å²) in [6.45, 7) is 8.81. The van der Waals surface area contributed by atoms with Gasteiger partial charge in [0.15, 0.2) is 5.69 Å². The number of rotatable bonds is 5. The molecule has 1 aromatic rings. The van der Waals surface area contributed by atoms with Crippen LogP contribution in [0.2, 0.25) is 0 Å². The van der Waals surface area contributed by atoms with Crippen molar-refractivity contribution in [3.05, 3.63) is 11.3 Å². The molecule has 0 amide bonds. The van der Waals surface area contributed by atoms with Crippen LogP contribution in [0.5, 0.6) is 0 Å². The highest BCUT2D eigenvalue weighted by molar-refractivity contribution is 5.90. The number of nitrogens with zero attached hydrogens (tertiary/aromatic N) is 2. The third-order valence-corrected chi connectivity index (χ3v) is 2.90. The summed E-state index contributed by atoms with van der Waals surface area (Å²) in [5.41, 5.74) is 7.19. The smallest absolute Gasteiger partial charge is 0.359 e. The largest absolute Gasteiger partial charge is 0.461 e. The fourth-order valence-corrected chi connectivity index (χ4v) is 1.77. The minimum atomic E-state index is -0.387. The molecule has 0 aliphatic rings. The quantitative estimate of drug-likeness (QED) is 0.799. The zero-order valence-corrected chi connectivity index (χ0v) is 11.0.